The molecule has 9 nitrogen and oxygen atoms in total. The molecule has 1 aliphatic carbocycles. The van der Waals surface area contributed by atoms with Crippen LogP contribution in [0.4, 0.5) is 5.69 Å². The van der Waals surface area contributed by atoms with E-state index in [4.69, 9.17) is 4.74 Å². The molecule has 0 bridgehead atoms. The molecule has 1 atom stereocenters. The van der Waals surface area contributed by atoms with Crippen molar-refractivity contribution in [3.05, 3.63) is 33.9 Å². The maximum Gasteiger partial charge on any atom is 0.339 e. The number of hydrogen-bond acceptors (Lipinski definition) is 7. The fourth-order valence-corrected chi connectivity index (χ4v) is 3.95. The SMILES string of the molecule is C[C@@H](OC(=O)c1ccc(S(C)(=O)=O)c([N+](=O)[O-])c1)C(=O)NC1CCCCCC1. The van der Waals surface area contributed by atoms with Gasteiger partial charge in [-0.05, 0) is 31.9 Å². The summed E-state index contributed by atoms with van der Waals surface area (Å²) < 4.78 is 28.4. The summed E-state index contributed by atoms with van der Waals surface area (Å²) in [7, 11) is -3.83. The summed E-state index contributed by atoms with van der Waals surface area (Å²) in [5, 5.41) is 14.0. The number of nitrogens with one attached hydrogen (secondary N) is 1. The lowest BCUT2D eigenvalue weighted by Crippen LogP contribution is -2.41. The fourth-order valence-electron chi connectivity index (χ4n) is 3.12. The quantitative estimate of drug-likeness (QED) is 0.328. The summed E-state index contributed by atoms with van der Waals surface area (Å²) in [5.41, 5.74) is -0.916. The summed E-state index contributed by atoms with van der Waals surface area (Å²) in [6.07, 6.45) is 5.87. The van der Waals surface area contributed by atoms with Gasteiger partial charge in [-0.15, -0.1) is 0 Å². The average Bonchev–Trinajstić information content (AvgIpc) is 2.88. The van der Waals surface area contributed by atoms with E-state index in [-0.39, 0.29) is 11.6 Å². The third kappa shape index (κ3) is 5.75. The van der Waals surface area contributed by atoms with Crippen molar-refractivity contribution in [3.63, 3.8) is 0 Å². The number of sulfone groups is 1. The molecule has 0 heterocycles. The number of nitro benzene ring substituents is 1. The normalized spacial score (nSPS) is 16.6. The Kier molecular flexibility index (Phi) is 7.11. The van der Waals surface area contributed by atoms with Crippen molar-refractivity contribution in [3.8, 4) is 0 Å². The molecule has 0 saturated heterocycles. The Labute approximate surface area is 163 Å². The summed E-state index contributed by atoms with van der Waals surface area (Å²) >= 11 is 0. The number of amides is 1. The van der Waals surface area contributed by atoms with E-state index in [1.54, 1.807) is 0 Å². The van der Waals surface area contributed by atoms with Crippen LogP contribution in [-0.4, -0.2) is 43.6 Å². The molecule has 0 aliphatic heterocycles. The van der Waals surface area contributed by atoms with Crippen molar-refractivity contribution in [2.45, 2.75) is 62.5 Å². The molecule has 1 aromatic carbocycles. The van der Waals surface area contributed by atoms with Gasteiger partial charge < -0.3 is 10.1 Å². The fraction of sp³-hybridized carbons (Fsp3) is 0.556. The van der Waals surface area contributed by atoms with Gasteiger partial charge in [-0.25, -0.2) is 13.2 Å². The highest BCUT2D eigenvalue weighted by Crippen LogP contribution is 2.25. The second-order valence-electron chi connectivity index (χ2n) is 6.96. The first-order valence-corrected chi connectivity index (χ1v) is 11.0. The van der Waals surface area contributed by atoms with Gasteiger partial charge in [0.05, 0.1) is 10.5 Å². The molecule has 0 spiro atoms. The first-order chi connectivity index (χ1) is 13.1. The van der Waals surface area contributed by atoms with Crippen LogP contribution in [0.2, 0.25) is 0 Å². The summed E-state index contributed by atoms with van der Waals surface area (Å²) in [4.78, 5) is 34.3. The van der Waals surface area contributed by atoms with E-state index >= 15 is 0 Å². The molecule has 1 fully saturated rings. The first-order valence-electron chi connectivity index (χ1n) is 9.09. The summed E-state index contributed by atoms with van der Waals surface area (Å²) in [5.74, 6) is -1.37. The highest BCUT2D eigenvalue weighted by molar-refractivity contribution is 7.90. The van der Waals surface area contributed by atoms with Gasteiger partial charge >= 0.3 is 5.97 Å². The molecule has 1 amide bonds. The molecule has 10 heteroatoms. The Morgan fingerprint density at radius 1 is 1.21 bits per heavy atom. The molecule has 1 aromatic rings. The van der Waals surface area contributed by atoms with E-state index in [9.17, 15) is 28.1 Å². The third-order valence-electron chi connectivity index (χ3n) is 4.65. The predicted molar refractivity (Wildman–Crippen MR) is 101 cm³/mol. The zero-order valence-electron chi connectivity index (χ0n) is 15.8. The van der Waals surface area contributed by atoms with Crippen molar-refractivity contribution >= 4 is 27.4 Å². The van der Waals surface area contributed by atoms with Gasteiger partial charge in [0, 0.05) is 18.4 Å². The number of carbonyl (C=O) groups is 2. The van der Waals surface area contributed by atoms with Crippen molar-refractivity contribution in [1.29, 1.82) is 0 Å². The molecule has 0 unspecified atom stereocenters. The molecule has 0 aromatic heterocycles. The van der Waals surface area contributed by atoms with Gasteiger partial charge in [-0.1, -0.05) is 25.7 Å². The second kappa shape index (κ2) is 9.13. The van der Waals surface area contributed by atoms with E-state index in [1.807, 2.05) is 0 Å². The number of nitro groups is 1. The number of hydrogen-bond donors (Lipinski definition) is 1. The first kappa shape index (κ1) is 21.8. The van der Waals surface area contributed by atoms with Crippen LogP contribution in [0.3, 0.4) is 0 Å². The minimum atomic E-state index is -3.83. The zero-order valence-corrected chi connectivity index (χ0v) is 16.7. The molecule has 28 heavy (non-hydrogen) atoms. The van der Waals surface area contributed by atoms with Crippen LogP contribution in [0.25, 0.3) is 0 Å². The Morgan fingerprint density at radius 3 is 2.36 bits per heavy atom. The minimum absolute atomic E-state index is 0.0475. The zero-order chi connectivity index (χ0) is 20.9. The van der Waals surface area contributed by atoms with Gasteiger partial charge in [0.25, 0.3) is 11.6 Å². The smallest absolute Gasteiger partial charge is 0.339 e. The van der Waals surface area contributed by atoms with Crippen molar-refractivity contribution in [2.24, 2.45) is 0 Å². The van der Waals surface area contributed by atoms with Crippen LogP contribution in [0.15, 0.2) is 23.1 Å². The highest BCUT2D eigenvalue weighted by Gasteiger charge is 2.26. The third-order valence-corrected chi connectivity index (χ3v) is 5.79. The lowest BCUT2D eigenvalue weighted by Gasteiger charge is -2.19. The van der Waals surface area contributed by atoms with Crippen LogP contribution in [0.1, 0.15) is 55.8 Å². The standard InChI is InChI=1S/C18H24N2O7S/c1-12(17(21)19-14-7-5-3-4-6-8-14)27-18(22)13-9-10-16(28(2,25)26)15(11-13)20(23)24/h9-12,14H,3-8H2,1-2H3,(H,19,21)/t12-/m1/s1. The monoisotopic (exact) mass is 412 g/mol. The van der Waals surface area contributed by atoms with E-state index in [2.05, 4.69) is 5.32 Å². The van der Waals surface area contributed by atoms with Gasteiger partial charge in [-0.3, -0.25) is 14.9 Å². The van der Waals surface area contributed by atoms with E-state index < -0.39 is 43.3 Å². The second-order valence-corrected chi connectivity index (χ2v) is 8.94. The highest BCUT2D eigenvalue weighted by atomic mass is 32.2. The van der Waals surface area contributed by atoms with Crippen LogP contribution >= 0.6 is 0 Å². The molecular formula is C18H24N2O7S. The summed E-state index contributed by atoms with van der Waals surface area (Å²) in [6.45, 7) is 1.42. The van der Waals surface area contributed by atoms with Crippen LogP contribution in [0.5, 0.6) is 0 Å². The Hall–Kier alpha value is -2.49. The number of carbonyl (C=O) groups excluding carboxylic acids is 2. The van der Waals surface area contributed by atoms with Gasteiger partial charge in [0.15, 0.2) is 15.9 Å². The van der Waals surface area contributed by atoms with Crippen molar-refractivity contribution in [2.75, 3.05) is 6.26 Å². The molecule has 1 N–H and O–H groups in total. The molecule has 1 aliphatic rings. The molecule has 1 saturated carbocycles. The van der Waals surface area contributed by atoms with Crippen molar-refractivity contribution < 1.29 is 27.7 Å². The molecule has 0 radical (unpaired) electrons. The summed E-state index contributed by atoms with van der Waals surface area (Å²) in [6, 6.07) is 3.00. The minimum Gasteiger partial charge on any atom is -0.449 e. The Balaban J connectivity index is 2.08. The molecule has 2 rings (SSSR count). The van der Waals surface area contributed by atoms with Crippen LogP contribution in [0, 0.1) is 10.1 Å². The Morgan fingerprint density at radius 2 is 1.82 bits per heavy atom. The van der Waals surface area contributed by atoms with Gasteiger partial charge in [0.2, 0.25) is 0 Å². The number of nitrogens with zero attached hydrogens (tertiary/aromatic N) is 1. The average molecular weight is 412 g/mol. The van der Waals surface area contributed by atoms with E-state index in [1.165, 1.54) is 6.92 Å². The maximum absolute atomic E-state index is 12.3. The number of esters is 1. The number of benzene rings is 1. The predicted octanol–water partition coefficient (Wildman–Crippen LogP) is 2.38. The molecule has 154 valence electrons. The van der Waals surface area contributed by atoms with E-state index in [0.717, 1.165) is 63.0 Å². The Bertz CT molecular complexity index is 859. The van der Waals surface area contributed by atoms with Crippen LogP contribution in [-0.2, 0) is 19.4 Å². The van der Waals surface area contributed by atoms with E-state index in [0.29, 0.717) is 0 Å². The van der Waals surface area contributed by atoms with Gasteiger partial charge in [0.1, 0.15) is 4.90 Å². The maximum atomic E-state index is 12.3. The van der Waals surface area contributed by atoms with Crippen molar-refractivity contribution in [1.82, 2.24) is 5.32 Å². The van der Waals surface area contributed by atoms with Gasteiger partial charge in [-0.2, -0.15) is 0 Å². The number of rotatable bonds is 6. The topological polar surface area (TPSA) is 133 Å². The largest absolute Gasteiger partial charge is 0.449 e. The van der Waals surface area contributed by atoms with Crippen LogP contribution < -0.4 is 5.32 Å². The lowest BCUT2D eigenvalue weighted by molar-refractivity contribution is -0.387. The lowest BCUT2D eigenvalue weighted by atomic mass is 10.1. The molecular weight excluding hydrogens is 388 g/mol. The number of ether oxygens (including phenoxy) is 1.